The lowest BCUT2D eigenvalue weighted by Crippen LogP contribution is -2.69. The molecule has 0 unspecified atom stereocenters. The van der Waals surface area contributed by atoms with E-state index in [0.29, 0.717) is 19.7 Å². The monoisotopic (exact) mass is 337 g/mol. The van der Waals surface area contributed by atoms with Gasteiger partial charge in [0, 0.05) is 32.2 Å². The van der Waals surface area contributed by atoms with E-state index in [0.717, 1.165) is 12.2 Å². The van der Waals surface area contributed by atoms with E-state index >= 15 is 0 Å². The van der Waals surface area contributed by atoms with Gasteiger partial charge in [-0.3, -0.25) is 0 Å². The van der Waals surface area contributed by atoms with Gasteiger partial charge in [0.25, 0.3) is 0 Å². The first-order chi connectivity index (χ1) is 11.3. The standard InChI is InChI=1S/C16H27N5O3/c1-15(2)12(8-16(15,3)23-5)18-14(22)21-6-7-24-11(9-21)13-19-17-10-20(13)4/h10-12H,6-9H2,1-5H3,(H,18,22)/t11-,12+,16+/m0/s1. The molecule has 2 amide bonds. The molecule has 1 N–H and O–H groups in total. The van der Waals surface area contributed by atoms with E-state index in [9.17, 15) is 4.79 Å². The highest BCUT2D eigenvalue weighted by molar-refractivity contribution is 5.75. The smallest absolute Gasteiger partial charge is 0.317 e. The molecular weight excluding hydrogens is 310 g/mol. The molecule has 24 heavy (non-hydrogen) atoms. The third-order valence-corrected chi connectivity index (χ3v) is 5.96. The molecule has 3 atom stereocenters. The molecular formula is C16H27N5O3. The van der Waals surface area contributed by atoms with Gasteiger partial charge in [-0.1, -0.05) is 13.8 Å². The maximum Gasteiger partial charge on any atom is 0.317 e. The summed E-state index contributed by atoms with van der Waals surface area (Å²) in [7, 11) is 3.60. The van der Waals surface area contributed by atoms with Gasteiger partial charge in [0.1, 0.15) is 12.4 Å². The van der Waals surface area contributed by atoms with Crippen LogP contribution < -0.4 is 5.32 Å². The number of nitrogens with zero attached hydrogens (tertiary/aromatic N) is 4. The molecule has 0 aromatic carbocycles. The van der Waals surface area contributed by atoms with Crippen LogP contribution in [0.3, 0.4) is 0 Å². The maximum absolute atomic E-state index is 12.7. The Kier molecular flexibility index (Phi) is 4.29. The van der Waals surface area contributed by atoms with Crippen molar-refractivity contribution >= 4 is 6.03 Å². The SMILES string of the molecule is CO[C@]1(C)C[C@@H](NC(=O)N2CCO[C@H](c3nncn3C)C2)C1(C)C. The Balaban J connectivity index is 1.61. The molecule has 0 bridgehead atoms. The minimum absolute atomic E-state index is 0.0540. The summed E-state index contributed by atoms with van der Waals surface area (Å²) in [6, 6.07) is 0.0489. The largest absolute Gasteiger partial charge is 0.378 e. The molecule has 0 radical (unpaired) electrons. The fourth-order valence-corrected chi connectivity index (χ4v) is 3.54. The number of hydrogen-bond acceptors (Lipinski definition) is 5. The van der Waals surface area contributed by atoms with E-state index in [-0.39, 0.29) is 29.2 Å². The van der Waals surface area contributed by atoms with Crippen LogP contribution in [-0.4, -0.2) is 64.1 Å². The minimum atomic E-state index is -0.240. The van der Waals surface area contributed by atoms with E-state index in [1.807, 2.05) is 11.6 Å². The Morgan fingerprint density at radius 3 is 2.79 bits per heavy atom. The molecule has 0 spiro atoms. The Bertz CT molecular complexity index is 617. The van der Waals surface area contributed by atoms with Crippen molar-refractivity contribution in [3.63, 3.8) is 0 Å². The van der Waals surface area contributed by atoms with Crippen LogP contribution in [0.4, 0.5) is 4.79 Å². The molecule has 8 nitrogen and oxygen atoms in total. The van der Waals surface area contributed by atoms with Crippen molar-refractivity contribution in [1.82, 2.24) is 25.0 Å². The highest BCUT2D eigenvalue weighted by Gasteiger charge is 2.58. The number of aromatic nitrogens is 3. The van der Waals surface area contributed by atoms with Gasteiger partial charge in [-0.15, -0.1) is 10.2 Å². The topological polar surface area (TPSA) is 81.5 Å². The molecule has 1 saturated heterocycles. The molecule has 8 heteroatoms. The van der Waals surface area contributed by atoms with Gasteiger partial charge in [-0.2, -0.15) is 0 Å². The molecule has 2 aliphatic rings. The van der Waals surface area contributed by atoms with Gasteiger partial charge < -0.3 is 24.3 Å². The molecule has 1 aliphatic heterocycles. The average molecular weight is 337 g/mol. The number of urea groups is 1. The molecule has 1 saturated carbocycles. The molecule has 3 rings (SSSR count). The average Bonchev–Trinajstić information content (AvgIpc) is 3.00. The molecule has 1 aromatic rings. The zero-order valence-corrected chi connectivity index (χ0v) is 15.1. The van der Waals surface area contributed by atoms with Crippen LogP contribution in [0.25, 0.3) is 0 Å². The zero-order valence-electron chi connectivity index (χ0n) is 15.1. The van der Waals surface area contributed by atoms with Crippen molar-refractivity contribution in [2.75, 3.05) is 26.8 Å². The zero-order chi connectivity index (χ0) is 17.5. The third kappa shape index (κ3) is 2.67. The van der Waals surface area contributed by atoms with Crippen molar-refractivity contribution in [3.8, 4) is 0 Å². The van der Waals surface area contributed by atoms with Crippen molar-refractivity contribution in [2.24, 2.45) is 12.5 Å². The van der Waals surface area contributed by atoms with Crippen LogP contribution in [0, 0.1) is 5.41 Å². The van der Waals surface area contributed by atoms with Crippen molar-refractivity contribution in [3.05, 3.63) is 12.2 Å². The van der Waals surface area contributed by atoms with Crippen LogP contribution in [0.5, 0.6) is 0 Å². The lowest BCUT2D eigenvalue weighted by molar-refractivity contribution is -0.178. The van der Waals surface area contributed by atoms with Crippen LogP contribution in [0.15, 0.2) is 6.33 Å². The second kappa shape index (κ2) is 6.00. The van der Waals surface area contributed by atoms with E-state index in [1.165, 1.54) is 0 Å². The van der Waals surface area contributed by atoms with Gasteiger partial charge in [0.2, 0.25) is 0 Å². The second-order valence-electron chi connectivity index (χ2n) is 7.47. The predicted molar refractivity (Wildman–Crippen MR) is 87.4 cm³/mol. The van der Waals surface area contributed by atoms with Gasteiger partial charge in [-0.25, -0.2) is 4.79 Å². The summed E-state index contributed by atoms with van der Waals surface area (Å²) in [5.41, 5.74) is -0.302. The number of carbonyl (C=O) groups is 1. The summed E-state index contributed by atoms with van der Waals surface area (Å²) >= 11 is 0. The van der Waals surface area contributed by atoms with Crippen LogP contribution in [0.1, 0.15) is 39.1 Å². The third-order valence-electron chi connectivity index (χ3n) is 5.96. The normalized spacial score (nSPS) is 32.3. The number of rotatable bonds is 3. The number of nitrogens with one attached hydrogen (secondary N) is 1. The van der Waals surface area contributed by atoms with Gasteiger partial charge in [0.15, 0.2) is 5.82 Å². The Morgan fingerprint density at radius 1 is 1.46 bits per heavy atom. The summed E-state index contributed by atoms with van der Waals surface area (Å²) in [6.07, 6.45) is 2.22. The first-order valence-corrected chi connectivity index (χ1v) is 8.34. The number of aryl methyl sites for hydroxylation is 1. The summed E-state index contributed by atoms with van der Waals surface area (Å²) < 4.78 is 13.2. The lowest BCUT2D eigenvalue weighted by atomic mass is 9.56. The Hall–Kier alpha value is -1.67. The van der Waals surface area contributed by atoms with Crippen molar-refractivity contribution in [1.29, 1.82) is 0 Å². The first-order valence-electron chi connectivity index (χ1n) is 8.34. The number of carbonyl (C=O) groups excluding carboxylic acids is 1. The van der Waals surface area contributed by atoms with Crippen LogP contribution >= 0.6 is 0 Å². The van der Waals surface area contributed by atoms with Gasteiger partial charge in [-0.05, 0) is 13.3 Å². The summed E-state index contributed by atoms with van der Waals surface area (Å²) in [4.78, 5) is 14.5. The van der Waals surface area contributed by atoms with Crippen molar-refractivity contribution in [2.45, 2.75) is 44.9 Å². The summed E-state index contributed by atoms with van der Waals surface area (Å²) in [5.74, 6) is 0.739. The van der Waals surface area contributed by atoms with Crippen LogP contribution in [0.2, 0.25) is 0 Å². The fraction of sp³-hybridized carbons (Fsp3) is 0.812. The number of amides is 2. The number of methoxy groups -OCH3 is 1. The molecule has 2 heterocycles. The van der Waals surface area contributed by atoms with Gasteiger partial charge >= 0.3 is 6.03 Å². The second-order valence-corrected chi connectivity index (χ2v) is 7.47. The fourth-order valence-electron chi connectivity index (χ4n) is 3.54. The number of morpholine rings is 1. The van der Waals surface area contributed by atoms with Crippen LogP contribution in [-0.2, 0) is 16.5 Å². The maximum atomic E-state index is 12.7. The molecule has 1 aliphatic carbocycles. The lowest BCUT2D eigenvalue weighted by Gasteiger charge is -2.59. The summed E-state index contributed by atoms with van der Waals surface area (Å²) in [6.45, 7) is 7.91. The summed E-state index contributed by atoms with van der Waals surface area (Å²) in [5, 5.41) is 11.1. The molecule has 134 valence electrons. The molecule has 2 fully saturated rings. The minimum Gasteiger partial charge on any atom is -0.378 e. The van der Waals surface area contributed by atoms with E-state index < -0.39 is 0 Å². The Labute approximate surface area is 142 Å². The predicted octanol–water partition coefficient (Wildman–Crippen LogP) is 1.10. The Morgan fingerprint density at radius 2 is 2.21 bits per heavy atom. The van der Waals surface area contributed by atoms with E-state index in [4.69, 9.17) is 9.47 Å². The first kappa shape index (κ1) is 17.2. The van der Waals surface area contributed by atoms with Crippen molar-refractivity contribution < 1.29 is 14.3 Å². The highest BCUT2D eigenvalue weighted by Crippen LogP contribution is 2.51. The number of hydrogen-bond donors (Lipinski definition) is 1. The van der Waals surface area contributed by atoms with Gasteiger partial charge in [0.05, 0.1) is 18.8 Å². The van der Waals surface area contributed by atoms with E-state index in [2.05, 4.69) is 36.3 Å². The highest BCUT2D eigenvalue weighted by atomic mass is 16.5. The number of ether oxygens (including phenoxy) is 2. The van der Waals surface area contributed by atoms with E-state index in [1.54, 1.807) is 18.3 Å². The quantitative estimate of drug-likeness (QED) is 0.893. The molecule has 1 aromatic heterocycles.